The van der Waals surface area contributed by atoms with Crippen LogP contribution < -0.4 is 16.1 Å². The van der Waals surface area contributed by atoms with Crippen LogP contribution in [-0.4, -0.2) is 39.6 Å². The molecular formula is C25H28N6OS. The average Bonchev–Trinajstić information content (AvgIpc) is 3.19. The van der Waals surface area contributed by atoms with E-state index in [1.54, 1.807) is 0 Å². The molecule has 0 unspecified atom stereocenters. The molecule has 0 bridgehead atoms. The highest BCUT2D eigenvalue weighted by Crippen LogP contribution is 2.23. The molecule has 4 aromatic rings. The van der Waals surface area contributed by atoms with Crippen LogP contribution in [0.3, 0.4) is 0 Å². The van der Waals surface area contributed by atoms with Crippen LogP contribution in [0.5, 0.6) is 0 Å². The van der Waals surface area contributed by atoms with E-state index >= 15 is 0 Å². The molecule has 0 saturated heterocycles. The minimum absolute atomic E-state index is 0.116. The predicted molar refractivity (Wildman–Crippen MR) is 136 cm³/mol. The lowest BCUT2D eigenvalue weighted by Gasteiger charge is -2.21. The number of amides is 1. The fraction of sp³-hybridized carbons (Fsp3) is 0.240. The van der Waals surface area contributed by atoms with Crippen LogP contribution in [0.15, 0.2) is 71.9 Å². The molecular weight excluding hydrogens is 432 g/mol. The molecule has 170 valence electrons. The zero-order valence-corrected chi connectivity index (χ0v) is 19.7. The van der Waals surface area contributed by atoms with Crippen molar-refractivity contribution in [3.8, 4) is 0 Å². The highest BCUT2D eigenvalue weighted by molar-refractivity contribution is 7.99. The minimum Gasteiger partial charge on any atom is -0.372 e. The van der Waals surface area contributed by atoms with Gasteiger partial charge in [-0.1, -0.05) is 54.2 Å². The van der Waals surface area contributed by atoms with Gasteiger partial charge in [-0.25, -0.2) is 4.68 Å². The number of carbonyl (C=O) groups excluding carboxylic acids is 1. The van der Waals surface area contributed by atoms with Crippen LogP contribution in [0.1, 0.15) is 25.2 Å². The highest BCUT2D eigenvalue weighted by atomic mass is 32.2. The van der Waals surface area contributed by atoms with Crippen LogP contribution in [0, 0.1) is 0 Å². The van der Waals surface area contributed by atoms with Crippen molar-refractivity contribution in [1.29, 1.82) is 0 Å². The first-order chi connectivity index (χ1) is 16.1. The molecule has 0 aliphatic carbocycles. The second-order valence-corrected chi connectivity index (χ2v) is 8.58. The fourth-order valence-corrected chi connectivity index (χ4v) is 4.49. The number of nitrogen functional groups attached to an aromatic ring is 1. The summed E-state index contributed by atoms with van der Waals surface area (Å²) in [5, 5.41) is 14.2. The lowest BCUT2D eigenvalue weighted by Crippen LogP contribution is -2.21. The van der Waals surface area contributed by atoms with Gasteiger partial charge in [0, 0.05) is 30.9 Å². The van der Waals surface area contributed by atoms with Gasteiger partial charge in [-0.2, -0.15) is 0 Å². The number of benzene rings is 3. The van der Waals surface area contributed by atoms with Gasteiger partial charge in [0.25, 0.3) is 0 Å². The third-order valence-corrected chi connectivity index (χ3v) is 6.52. The van der Waals surface area contributed by atoms with Crippen molar-refractivity contribution in [2.24, 2.45) is 0 Å². The summed E-state index contributed by atoms with van der Waals surface area (Å²) in [4.78, 5) is 14.7. The van der Waals surface area contributed by atoms with Crippen molar-refractivity contribution in [3.05, 3.63) is 78.1 Å². The Bertz CT molecular complexity index is 1230. The summed E-state index contributed by atoms with van der Waals surface area (Å²) in [5.74, 6) is 6.97. The molecule has 33 heavy (non-hydrogen) atoms. The molecule has 1 amide bonds. The summed E-state index contributed by atoms with van der Waals surface area (Å²) < 4.78 is 1.47. The van der Waals surface area contributed by atoms with E-state index in [4.69, 9.17) is 5.84 Å². The fourth-order valence-electron chi connectivity index (χ4n) is 3.81. The maximum atomic E-state index is 12.4. The third kappa shape index (κ3) is 5.28. The lowest BCUT2D eigenvalue weighted by molar-refractivity contribution is -0.113. The molecule has 7 nitrogen and oxygen atoms in total. The molecule has 1 heterocycles. The first-order valence-electron chi connectivity index (χ1n) is 11.0. The number of nitrogens with one attached hydrogen (secondary N) is 1. The number of nitrogens with two attached hydrogens (primary N) is 1. The van der Waals surface area contributed by atoms with Gasteiger partial charge in [-0.3, -0.25) is 4.79 Å². The van der Waals surface area contributed by atoms with Crippen molar-refractivity contribution in [3.63, 3.8) is 0 Å². The van der Waals surface area contributed by atoms with E-state index < -0.39 is 0 Å². The molecule has 3 aromatic carbocycles. The first-order valence-corrected chi connectivity index (χ1v) is 12.0. The smallest absolute Gasteiger partial charge is 0.234 e. The number of fused-ring (bicyclic) bond motifs is 1. The van der Waals surface area contributed by atoms with E-state index in [0.29, 0.717) is 17.4 Å². The number of rotatable bonds is 9. The summed E-state index contributed by atoms with van der Waals surface area (Å²) >= 11 is 1.27. The van der Waals surface area contributed by atoms with Gasteiger partial charge in [0.15, 0.2) is 5.82 Å². The predicted octanol–water partition coefficient (Wildman–Crippen LogP) is 4.31. The van der Waals surface area contributed by atoms with Crippen LogP contribution in [0.2, 0.25) is 0 Å². The Kier molecular flexibility index (Phi) is 7.14. The first kappa shape index (κ1) is 22.7. The maximum absolute atomic E-state index is 12.4. The lowest BCUT2D eigenvalue weighted by atomic mass is 10.0. The van der Waals surface area contributed by atoms with E-state index in [9.17, 15) is 4.79 Å². The molecule has 0 saturated carbocycles. The van der Waals surface area contributed by atoms with E-state index in [0.717, 1.165) is 30.0 Å². The minimum atomic E-state index is -0.116. The Hall–Kier alpha value is -3.52. The molecule has 8 heteroatoms. The number of anilines is 2. The van der Waals surface area contributed by atoms with Gasteiger partial charge in [-0.05, 0) is 54.4 Å². The molecule has 0 spiro atoms. The molecule has 0 fully saturated rings. The summed E-state index contributed by atoms with van der Waals surface area (Å²) in [5.41, 5.74) is 3.04. The SMILES string of the molecule is CCN(CC)c1ccc(NC(=O)CSc2nnc(Cc3cccc4ccccc34)n2N)cc1. The van der Waals surface area contributed by atoms with Gasteiger partial charge in [0.1, 0.15) is 0 Å². The molecule has 0 radical (unpaired) electrons. The number of carbonyl (C=O) groups is 1. The van der Waals surface area contributed by atoms with Crippen LogP contribution in [0.25, 0.3) is 10.8 Å². The van der Waals surface area contributed by atoms with Crippen LogP contribution in [0.4, 0.5) is 11.4 Å². The number of thioether (sulfide) groups is 1. The average molecular weight is 461 g/mol. The van der Waals surface area contributed by atoms with Crippen molar-refractivity contribution in [2.45, 2.75) is 25.4 Å². The second kappa shape index (κ2) is 10.4. The van der Waals surface area contributed by atoms with Crippen LogP contribution >= 0.6 is 11.8 Å². The quantitative estimate of drug-likeness (QED) is 0.286. The van der Waals surface area contributed by atoms with Crippen molar-refractivity contribution in [1.82, 2.24) is 14.9 Å². The molecule has 0 aliphatic rings. The Morgan fingerprint density at radius 1 is 1.00 bits per heavy atom. The zero-order valence-electron chi connectivity index (χ0n) is 18.9. The standard InChI is InChI=1S/C25H28N6OS/c1-3-30(4-2)21-14-12-20(13-15-21)27-24(32)17-33-25-29-28-23(31(25)26)16-19-10-7-9-18-8-5-6-11-22(18)19/h5-15H,3-4,16-17,26H2,1-2H3,(H,27,32). The highest BCUT2D eigenvalue weighted by Gasteiger charge is 2.14. The third-order valence-electron chi connectivity index (χ3n) is 5.58. The van der Waals surface area contributed by atoms with Gasteiger partial charge < -0.3 is 16.1 Å². The van der Waals surface area contributed by atoms with E-state index in [1.165, 1.54) is 27.2 Å². The zero-order chi connectivity index (χ0) is 23.2. The molecule has 3 N–H and O–H groups in total. The maximum Gasteiger partial charge on any atom is 0.234 e. The Morgan fingerprint density at radius 3 is 2.48 bits per heavy atom. The second-order valence-electron chi connectivity index (χ2n) is 7.64. The molecule has 0 aliphatic heterocycles. The van der Waals surface area contributed by atoms with Gasteiger partial charge in [-0.15, -0.1) is 10.2 Å². The number of hydrogen-bond acceptors (Lipinski definition) is 6. The van der Waals surface area contributed by atoms with Gasteiger partial charge in [0.2, 0.25) is 11.1 Å². The Labute approximate surface area is 198 Å². The topological polar surface area (TPSA) is 89.1 Å². The molecule has 0 atom stereocenters. The van der Waals surface area contributed by atoms with Gasteiger partial charge in [0.05, 0.1) is 5.75 Å². The Morgan fingerprint density at radius 2 is 1.73 bits per heavy atom. The summed E-state index contributed by atoms with van der Waals surface area (Å²) in [6, 6.07) is 22.3. The number of nitrogens with zero attached hydrogens (tertiary/aromatic N) is 4. The Balaban J connectivity index is 1.36. The van der Waals surface area contributed by atoms with Crippen molar-refractivity contribution >= 4 is 39.8 Å². The van der Waals surface area contributed by atoms with Crippen molar-refractivity contribution in [2.75, 3.05) is 34.9 Å². The number of aromatic nitrogens is 3. The summed E-state index contributed by atoms with van der Waals surface area (Å²) in [6.07, 6.45) is 0.566. The largest absolute Gasteiger partial charge is 0.372 e. The van der Waals surface area contributed by atoms with E-state index in [-0.39, 0.29) is 11.7 Å². The summed E-state index contributed by atoms with van der Waals surface area (Å²) in [6.45, 7) is 6.14. The normalized spacial score (nSPS) is 11.0. The molecule has 4 rings (SSSR count). The van der Waals surface area contributed by atoms with Crippen molar-refractivity contribution < 1.29 is 4.79 Å². The van der Waals surface area contributed by atoms with Gasteiger partial charge >= 0.3 is 0 Å². The summed E-state index contributed by atoms with van der Waals surface area (Å²) in [7, 11) is 0. The number of hydrogen-bond donors (Lipinski definition) is 2. The van der Waals surface area contributed by atoms with Crippen LogP contribution in [-0.2, 0) is 11.2 Å². The monoisotopic (exact) mass is 460 g/mol. The van der Waals surface area contributed by atoms with E-state index in [1.807, 2.05) is 42.5 Å². The molecule has 1 aromatic heterocycles. The van der Waals surface area contributed by atoms with E-state index in [2.05, 4.69) is 58.5 Å².